The molecule has 0 unspecified atom stereocenters. The number of carbonyl (C=O) groups is 1. The Bertz CT molecular complexity index is 735. The molecule has 1 saturated heterocycles. The summed E-state index contributed by atoms with van der Waals surface area (Å²) in [4.78, 5) is 17.2. The molecule has 1 heterocycles. The van der Waals surface area contributed by atoms with E-state index in [4.69, 9.17) is 0 Å². The molecular weight excluding hydrogens is 379 g/mol. The van der Waals surface area contributed by atoms with E-state index in [-0.39, 0.29) is 12.6 Å². The molecule has 156 valence electrons. The lowest BCUT2D eigenvalue weighted by atomic mass is 9.96. The zero-order valence-electron chi connectivity index (χ0n) is 16.5. The van der Waals surface area contributed by atoms with Crippen LogP contribution in [-0.4, -0.2) is 73.1 Å². The van der Waals surface area contributed by atoms with Gasteiger partial charge in [-0.3, -0.25) is 14.6 Å². The Labute approximate surface area is 169 Å². The third-order valence-electron chi connectivity index (χ3n) is 5.20. The SMILES string of the molecule is CN(CC(F)(F)F)C(=O)CN1CCN(C(c2ccccc2)c2ccccc2)CC1. The molecule has 1 fully saturated rings. The molecule has 0 bridgehead atoms. The molecule has 0 aromatic heterocycles. The smallest absolute Gasteiger partial charge is 0.336 e. The Morgan fingerprint density at radius 3 is 1.86 bits per heavy atom. The van der Waals surface area contributed by atoms with Crippen molar-refractivity contribution in [2.75, 3.05) is 46.3 Å². The number of nitrogens with zero attached hydrogens (tertiary/aromatic N) is 3. The highest BCUT2D eigenvalue weighted by molar-refractivity contribution is 5.78. The first kappa shape index (κ1) is 21.3. The van der Waals surface area contributed by atoms with Gasteiger partial charge in [-0.15, -0.1) is 0 Å². The average molecular weight is 405 g/mol. The van der Waals surface area contributed by atoms with Gasteiger partial charge in [-0.05, 0) is 11.1 Å². The minimum atomic E-state index is -4.37. The van der Waals surface area contributed by atoms with Crippen molar-refractivity contribution in [2.24, 2.45) is 0 Å². The fourth-order valence-corrected chi connectivity index (χ4v) is 3.73. The second kappa shape index (κ2) is 9.41. The van der Waals surface area contributed by atoms with Crippen molar-refractivity contribution < 1.29 is 18.0 Å². The van der Waals surface area contributed by atoms with Gasteiger partial charge in [0.2, 0.25) is 5.91 Å². The molecule has 0 N–H and O–H groups in total. The summed E-state index contributed by atoms with van der Waals surface area (Å²) in [6, 6.07) is 20.6. The number of rotatable bonds is 6. The van der Waals surface area contributed by atoms with Crippen LogP contribution in [-0.2, 0) is 4.79 Å². The lowest BCUT2D eigenvalue weighted by Gasteiger charge is -2.40. The highest BCUT2D eigenvalue weighted by Gasteiger charge is 2.32. The van der Waals surface area contributed by atoms with Gasteiger partial charge in [-0.1, -0.05) is 60.7 Å². The van der Waals surface area contributed by atoms with Crippen LogP contribution >= 0.6 is 0 Å². The molecule has 4 nitrogen and oxygen atoms in total. The van der Waals surface area contributed by atoms with Crippen LogP contribution in [0.15, 0.2) is 60.7 Å². The lowest BCUT2D eigenvalue weighted by Crippen LogP contribution is -2.51. The minimum Gasteiger partial charge on any atom is -0.336 e. The van der Waals surface area contributed by atoms with Gasteiger partial charge in [-0.25, -0.2) is 0 Å². The molecule has 0 atom stereocenters. The summed E-state index contributed by atoms with van der Waals surface area (Å²) in [5.74, 6) is -0.501. The monoisotopic (exact) mass is 405 g/mol. The van der Waals surface area contributed by atoms with Crippen LogP contribution < -0.4 is 0 Å². The highest BCUT2D eigenvalue weighted by Crippen LogP contribution is 2.29. The van der Waals surface area contributed by atoms with Crippen molar-refractivity contribution in [1.82, 2.24) is 14.7 Å². The quantitative estimate of drug-likeness (QED) is 0.737. The predicted octanol–water partition coefficient (Wildman–Crippen LogP) is 3.41. The Kier molecular flexibility index (Phi) is 6.92. The van der Waals surface area contributed by atoms with E-state index in [1.807, 2.05) is 41.3 Å². The van der Waals surface area contributed by atoms with Gasteiger partial charge in [0.05, 0.1) is 12.6 Å². The Hall–Kier alpha value is -2.38. The first-order valence-electron chi connectivity index (χ1n) is 9.70. The largest absolute Gasteiger partial charge is 0.406 e. The Balaban J connectivity index is 1.63. The van der Waals surface area contributed by atoms with Crippen molar-refractivity contribution in [3.05, 3.63) is 71.8 Å². The summed E-state index contributed by atoms with van der Waals surface area (Å²) >= 11 is 0. The van der Waals surface area contributed by atoms with Crippen LogP contribution in [0, 0.1) is 0 Å². The van der Waals surface area contributed by atoms with E-state index in [2.05, 4.69) is 29.2 Å². The second-order valence-electron chi connectivity index (χ2n) is 7.40. The number of alkyl halides is 3. The molecule has 0 saturated carbocycles. The first-order chi connectivity index (χ1) is 13.8. The fraction of sp³-hybridized carbons (Fsp3) is 0.409. The lowest BCUT2D eigenvalue weighted by molar-refractivity contribution is -0.159. The number of hydrogen-bond acceptors (Lipinski definition) is 3. The summed E-state index contributed by atoms with van der Waals surface area (Å²) in [5.41, 5.74) is 2.40. The van der Waals surface area contributed by atoms with Gasteiger partial charge in [0.15, 0.2) is 0 Å². The number of carbonyl (C=O) groups excluding carboxylic acids is 1. The number of halogens is 3. The molecule has 3 rings (SSSR count). The maximum atomic E-state index is 12.5. The van der Waals surface area contributed by atoms with Gasteiger partial charge in [0.1, 0.15) is 6.54 Å². The molecular formula is C22H26F3N3O. The van der Waals surface area contributed by atoms with E-state index in [1.54, 1.807) is 0 Å². The highest BCUT2D eigenvalue weighted by atomic mass is 19.4. The molecule has 1 aliphatic rings. The van der Waals surface area contributed by atoms with Gasteiger partial charge in [-0.2, -0.15) is 13.2 Å². The molecule has 7 heteroatoms. The van der Waals surface area contributed by atoms with E-state index < -0.39 is 18.6 Å². The van der Waals surface area contributed by atoms with Gasteiger partial charge < -0.3 is 4.90 Å². The van der Waals surface area contributed by atoms with Crippen LogP contribution in [0.25, 0.3) is 0 Å². The zero-order chi connectivity index (χ0) is 20.9. The van der Waals surface area contributed by atoms with Crippen molar-refractivity contribution >= 4 is 5.91 Å². The first-order valence-corrected chi connectivity index (χ1v) is 9.70. The molecule has 2 aromatic rings. The van der Waals surface area contributed by atoms with Gasteiger partial charge in [0.25, 0.3) is 0 Å². The topological polar surface area (TPSA) is 26.8 Å². The number of likely N-dealkylation sites (N-methyl/N-ethyl adjacent to an activating group) is 1. The summed E-state index contributed by atoms with van der Waals surface area (Å²) in [6.45, 7) is 1.57. The Morgan fingerprint density at radius 1 is 0.931 bits per heavy atom. The standard InChI is InChI=1S/C22H26F3N3O/c1-26(17-22(23,24)25)20(29)16-27-12-14-28(15-13-27)21(18-8-4-2-5-9-18)19-10-6-3-7-11-19/h2-11,21H,12-17H2,1H3. The molecule has 2 aromatic carbocycles. The van der Waals surface area contributed by atoms with Crippen molar-refractivity contribution in [1.29, 1.82) is 0 Å². The van der Waals surface area contributed by atoms with Crippen molar-refractivity contribution in [3.8, 4) is 0 Å². The summed E-state index contributed by atoms with van der Waals surface area (Å²) in [5, 5.41) is 0. The summed E-state index contributed by atoms with van der Waals surface area (Å²) in [6.07, 6.45) is -4.37. The normalized spacial score (nSPS) is 16.2. The molecule has 29 heavy (non-hydrogen) atoms. The summed E-state index contributed by atoms with van der Waals surface area (Å²) < 4.78 is 37.5. The second-order valence-corrected chi connectivity index (χ2v) is 7.40. The van der Waals surface area contributed by atoms with E-state index in [1.165, 1.54) is 18.2 Å². The third kappa shape index (κ3) is 6.05. The van der Waals surface area contributed by atoms with Crippen molar-refractivity contribution in [2.45, 2.75) is 12.2 Å². The van der Waals surface area contributed by atoms with Crippen molar-refractivity contribution in [3.63, 3.8) is 0 Å². The molecule has 1 amide bonds. The molecule has 0 radical (unpaired) electrons. The van der Waals surface area contributed by atoms with E-state index in [0.717, 1.165) is 18.0 Å². The maximum absolute atomic E-state index is 12.5. The molecule has 1 aliphatic heterocycles. The number of piperazine rings is 1. The Morgan fingerprint density at radius 2 is 1.41 bits per heavy atom. The number of hydrogen-bond donors (Lipinski definition) is 0. The van der Waals surface area contributed by atoms with E-state index in [0.29, 0.717) is 13.1 Å². The number of amides is 1. The maximum Gasteiger partial charge on any atom is 0.406 e. The fourth-order valence-electron chi connectivity index (χ4n) is 3.73. The van der Waals surface area contributed by atoms with Gasteiger partial charge >= 0.3 is 6.18 Å². The van der Waals surface area contributed by atoms with Crippen LogP contribution in [0.3, 0.4) is 0 Å². The van der Waals surface area contributed by atoms with Crippen LogP contribution in [0.5, 0.6) is 0 Å². The molecule has 0 spiro atoms. The van der Waals surface area contributed by atoms with Crippen LogP contribution in [0.2, 0.25) is 0 Å². The average Bonchev–Trinajstić information content (AvgIpc) is 2.70. The summed E-state index contributed by atoms with van der Waals surface area (Å²) in [7, 11) is 1.20. The zero-order valence-corrected chi connectivity index (χ0v) is 16.5. The van der Waals surface area contributed by atoms with E-state index in [9.17, 15) is 18.0 Å². The number of benzene rings is 2. The van der Waals surface area contributed by atoms with Gasteiger partial charge in [0, 0.05) is 33.2 Å². The minimum absolute atomic E-state index is 0.0156. The van der Waals surface area contributed by atoms with Crippen LogP contribution in [0.1, 0.15) is 17.2 Å². The predicted molar refractivity (Wildman–Crippen MR) is 106 cm³/mol. The third-order valence-corrected chi connectivity index (χ3v) is 5.20. The van der Waals surface area contributed by atoms with Crippen LogP contribution in [0.4, 0.5) is 13.2 Å². The molecule has 0 aliphatic carbocycles. The van der Waals surface area contributed by atoms with E-state index >= 15 is 0 Å².